The molecule has 6 aromatic rings. The van der Waals surface area contributed by atoms with E-state index in [0.717, 1.165) is 33.9 Å². The molecule has 9 rings (SSSR count). The lowest BCUT2D eigenvalue weighted by atomic mass is 10.1. The number of rotatable bonds is 24. The van der Waals surface area contributed by atoms with E-state index >= 15 is 0 Å². The second-order valence-electron chi connectivity index (χ2n) is 18.7. The highest BCUT2D eigenvalue weighted by atomic mass is 16.5. The molecule has 4 aromatic heterocycles. The summed E-state index contributed by atoms with van der Waals surface area (Å²) in [6.07, 6.45) is 4.77. The molecule has 0 radical (unpaired) electrons. The molecule has 0 unspecified atom stereocenters. The van der Waals surface area contributed by atoms with E-state index in [9.17, 15) is 19.2 Å². The Balaban J connectivity index is 0.943. The van der Waals surface area contributed by atoms with Gasteiger partial charge in [0.2, 0.25) is 11.8 Å². The number of nitrogens with zero attached hydrogens (tertiary/aromatic N) is 9. The molecule has 4 amide bonds. The molecule has 0 aliphatic carbocycles. The summed E-state index contributed by atoms with van der Waals surface area (Å²) in [6, 6.07) is 36.4. The van der Waals surface area contributed by atoms with E-state index in [4.69, 9.17) is 24.2 Å². The second kappa shape index (κ2) is 26.1. The van der Waals surface area contributed by atoms with E-state index in [0.29, 0.717) is 146 Å². The van der Waals surface area contributed by atoms with Crippen LogP contribution in [0.1, 0.15) is 67.5 Å². The number of fused-ring (bicyclic) bond motifs is 1. The van der Waals surface area contributed by atoms with Crippen LogP contribution in [-0.2, 0) is 58.3 Å². The Hall–Kier alpha value is -7.32. The van der Waals surface area contributed by atoms with Gasteiger partial charge in [-0.25, -0.2) is 9.97 Å². The minimum absolute atomic E-state index is 0.123. The first kappa shape index (κ1) is 51.6. The number of amides is 4. The van der Waals surface area contributed by atoms with Crippen LogP contribution in [0.2, 0.25) is 0 Å². The molecular formula is C56H63N11O7. The molecule has 2 N–H and O–H groups in total. The average molecular weight is 1000 g/mol. The number of ether oxygens (including phenoxy) is 3. The maximum atomic E-state index is 13.1. The van der Waals surface area contributed by atoms with Crippen molar-refractivity contribution >= 4 is 35.3 Å². The first-order chi connectivity index (χ1) is 36.3. The standard InChI is InChI=1S/C56H63N11O7/c68-53(40-63-22-27-72-28-23-63)61-51-17-9-13-46(59-51)38-65(36-44-11-3-5-19-57-44)34-42-31-43(33-48(32-42)74-26-8-7-21-67-55(70)49-15-1-2-16-50(49)56(67)71)35-66(37-45-12-4-6-20-58-45)39-47-14-10-18-52(60-47)62-54(69)41-64-24-29-73-30-25-64/h1-6,9-20,31-33H,7-8,21-30,34-41H2,(H,59,61,68)(H,60,62,69). The highest BCUT2D eigenvalue weighted by Gasteiger charge is 2.34. The largest absolute Gasteiger partial charge is 0.494 e. The zero-order valence-electron chi connectivity index (χ0n) is 41.6. The molecule has 2 saturated heterocycles. The third-order valence-corrected chi connectivity index (χ3v) is 12.8. The zero-order chi connectivity index (χ0) is 50.9. The van der Waals surface area contributed by atoms with Crippen LogP contribution in [0.4, 0.5) is 11.6 Å². The van der Waals surface area contributed by atoms with Crippen molar-refractivity contribution in [3.63, 3.8) is 0 Å². The molecule has 2 aromatic carbocycles. The van der Waals surface area contributed by atoms with Gasteiger partial charge in [-0.2, -0.15) is 0 Å². The highest BCUT2D eigenvalue weighted by molar-refractivity contribution is 6.21. The number of carbonyl (C=O) groups is 4. The molecule has 0 spiro atoms. The van der Waals surface area contributed by atoms with Crippen molar-refractivity contribution in [2.45, 2.75) is 52.1 Å². The lowest BCUT2D eigenvalue weighted by molar-refractivity contribution is -0.119. The van der Waals surface area contributed by atoms with E-state index in [1.807, 2.05) is 72.8 Å². The van der Waals surface area contributed by atoms with Crippen LogP contribution in [0.25, 0.3) is 0 Å². The second-order valence-corrected chi connectivity index (χ2v) is 18.7. The zero-order valence-corrected chi connectivity index (χ0v) is 41.6. The number of hydrogen-bond donors (Lipinski definition) is 2. The fraction of sp³-hybridized carbons (Fsp3) is 0.357. The molecule has 74 heavy (non-hydrogen) atoms. The van der Waals surface area contributed by atoms with Gasteiger partial charge in [-0.15, -0.1) is 0 Å². The topological polar surface area (TPSA) is 188 Å². The summed E-state index contributed by atoms with van der Waals surface area (Å²) in [5.74, 6) is 0.883. The van der Waals surface area contributed by atoms with Crippen molar-refractivity contribution in [3.05, 3.63) is 173 Å². The van der Waals surface area contributed by atoms with Crippen LogP contribution in [0, 0.1) is 0 Å². The van der Waals surface area contributed by atoms with Crippen LogP contribution in [0.5, 0.6) is 5.75 Å². The van der Waals surface area contributed by atoms with Gasteiger partial charge in [0.1, 0.15) is 17.4 Å². The van der Waals surface area contributed by atoms with Crippen LogP contribution in [0.15, 0.2) is 128 Å². The lowest BCUT2D eigenvalue weighted by Crippen LogP contribution is -2.41. The number of benzene rings is 2. The summed E-state index contributed by atoms with van der Waals surface area (Å²) in [5.41, 5.74) is 6.22. The molecule has 2 fully saturated rings. The third-order valence-electron chi connectivity index (χ3n) is 12.8. The van der Waals surface area contributed by atoms with Crippen LogP contribution in [0.3, 0.4) is 0 Å². The highest BCUT2D eigenvalue weighted by Crippen LogP contribution is 2.26. The van der Waals surface area contributed by atoms with Crippen LogP contribution >= 0.6 is 0 Å². The Labute approximate surface area is 431 Å². The normalized spacial score (nSPS) is 15.1. The van der Waals surface area contributed by atoms with Gasteiger partial charge in [-0.3, -0.25) is 53.6 Å². The molecule has 0 bridgehead atoms. The molecule has 18 nitrogen and oxygen atoms in total. The van der Waals surface area contributed by atoms with Crippen molar-refractivity contribution in [2.75, 3.05) is 89.5 Å². The first-order valence-electron chi connectivity index (χ1n) is 25.3. The predicted octanol–water partition coefficient (Wildman–Crippen LogP) is 5.67. The number of pyridine rings is 4. The number of hydrogen-bond acceptors (Lipinski definition) is 15. The van der Waals surface area contributed by atoms with Crippen LogP contribution in [-0.4, -0.2) is 147 Å². The fourth-order valence-electron chi connectivity index (χ4n) is 9.31. The summed E-state index contributed by atoms with van der Waals surface area (Å²) in [7, 11) is 0. The number of nitrogens with one attached hydrogen (secondary N) is 2. The quantitative estimate of drug-likeness (QED) is 0.0558. The van der Waals surface area contributed by atoms with Crippen molar-refractivity contribution in [1.82, 2.24) is 44.4 Å². The molecular weight excluding hydrogens is 939 g/mol. The van der Waals surface area contributed by atoms with Gasteiger partial charge in [0.25, 0.3) is 11.8 Å². The minimum Gasteiger partial charge on any atom is -0.494 e. The molecule has 3 aliphatic heterocycles. The van der Waals surface area contributed by atoms with Gasteiger partial charge in [0.05, 0.1) is 80.0 Å². The first-order valence-corrected chi connectivity index (χ1v) is 25.3. The Morgan fingerprint density at radius 2 is 1.00 bits per heavy atom. The van der Waals surface area contributed by atoms with Gasteiger partial charge < -0.3 is 24.8 Å². The fourth-order valence-corrected chi connectivity index (χ4v) is 9.31. The molecule has 0 saturated carbocycles. The van der Waals surface area contributed by atoms with E-state index in [1.54, 1.807) is 36.7 Å². The minimum atomic E-state index is -0.264. The maximum Gasteiger partial charge on any atom is 0.261 e. The summed E-state index contributed by atoms with van der Waals surface area (Å²) >= 11 is 0. The summed E-state index contributed by atoms with van der Waals surface area (Å²) in [4.78, 5) is 81.4. The third kappa shape index (κ3) is 15.1. The average Bonchev–Trinajstić information content (AvgIpc) is 3.64. The van der Waals surface area contributed by atoms with Gasteiger partial charge in [-0.1, -0.05) is 42.5 Å². The molecule has 3 aliphatic rings. The number of morpholine rings is 2. The van der Waals surface area contributed by atoms with E-state index < -0.39 is 0 Å². The Kier molecular flexibility index (Phi) is 18.2. The van der Waals surface area contributed by atoms with Crippen LogP contribution < -0.4 is 15.4 Å². The number of anilines is 2. The van der Waals surface area contributed by atoms with Gasteiger partial charge in [0, 0.05) is 84.4 Å². The molecule has 7 heterocycles. The SMILES string of the molecule is O=C(CN1CCOCC1)Nc1cccc(CN(Cc2cc(CN(Cc3ccccn3)Cc3cccc(NC(=O)CN4CCOCC4)n3)cc(OCCCCN3C(=O)c4ccccc4C3=O)c2)Cc2ccccn2)n1. The van der Waals surface area contributed by atoms with Gasteiger partial charge in [-0.05, 0) is 96.8 Å². The molecule has 0 atom stereocenters. The van der Waals surface area contributed by atoms with E-state index in [1.165, 1.54) is 4.90 Å². The van der Waals surface area contributed by atoms with Crippen molar-refractivity contribution in [3.8, 4) is 5.75 Å². The monoisotopic (exact) mass is 1000 g/mol. The maximum absolute atomic E-state index is 13.1. The summed E-state index contributed by atoms with van der Waals surface area (Å²) in [6.45, 7) is 9.43. The van der Waals surface area contributed by atoms with E-state index in [-0.39, 0.29) is 36.7 Å². The number of imide groups is 1. The summed E-state index contributed by atoms with van der Waals surface area (Å²) < 4.78 is 17.5. The van der Waals surface area contributed by atoms with Crippen molar-refractivity contribution in [2.24, 2.45) is 0 Å². The van der Waals surface area contributed by atoms with Gasteiger partial charge in [0.15, 0.2) is 0 Å². The number of carbonyl (C=O) groups excluding carboxylic acids is 4. The Morgan fingerprint density at radius 3 is 1.47 bits per heavy atom. The predicted molar refractivity (Wildman–Crippen MR) is 278 cm³/mol. The Morgan fingerprint density at radius 1 is 0.541 bits per heavy atom. The van der Waals surface area contributed by atoms with Crippen molar-refractivity contribution < 1.29 is 33.4 Å². The number of aromatic nitrogens is 4. The molecule has 384 valence electrons. The smallest absolute Gasteiger partial charge is 0.261 e. The van der Waals surface area contributed by atoms with E-state index in [2.05, 4.69) is 58.4 Å². The number of unbranched alkanes of at least 4 members (excludes halogenated alkanes) is 1. The summed E-state index contributed by atoms with van der Waals surface area (Å²) in [5, 5.41) is 5.99. The molecule has 18 heteroatoms. The van der Waals surface area contributed by atoms with Gasteiger partial charge >= 0.3 is 0 Å². The Bertz CT molecular complexity index is 2650. The van der Waals surface area contributed by atoms with Crippen molar-refractivity contribution in [1.29, 1.82) is 0 Å². The lowest BCUT2D eigenvalue weighted by Gasteiger charge is -2.26.